The highest BCUT2D eigenvalue weighted by atomic mass is 35.5. The molecule has 3 rings (SSSR count). The van der Waals surface area contributed by atoms with Crippen molar-refractivity contribution in [3.05, 3.63) is 41.1 Å². The van der Waals surface area contributed by atoms with Gasteiger partial charge in [0.2, 0.25) is 0 Å². The highest BCUT2D eigenvalue weighted by molar-refractivity contribution is 7.99. The molecule has 4 nitrogen and oxygen atoms in total. The topological polar surface area (TPSA) is 43.1 Å². The van der Waals surface area contributed by atoms with E-state index in [2.05, 4.69) is 15.1 Å². The number of nitrogens with zero attached hydrogens (tertiary/aromatic N) is 4. The summed E-state index contributed by atoms with van der Waals surface area (Å²) in [5.74, 6) is -2.30. The van der Waals surface area contributed by atoms with Gasteiger partial charge in [-0.25, -0.2) is 13.2 Å². The van der Waals surface area contributed by atoms with Gasteiger partial charge in [0.15, 0.2) is 0 Å². The van der Waals surface area contributed by atoms with E-state index < -0.39 is 23.0 Å². The second kappa shape index (κ2) is 5.77. The molecule has 0 radical (unpaired) electrons. The van der Waals surface area contributed by atoms with Crippen LogP contribution in [0.3, 0.4) is 0 Å². The van der Waals surface area contributed by atoms with Gasteiger partial charge in [0.25, 0.3) is 5.78 Å². The Bertz CT molecular complexity index is 845. The van der Waals surface area contributed by atoms with Gasteiger partial charge < -0.3 is 0 Å². The second-order valence-corrected chi connectivity index (χ2v) is 5.84. The first-order chi connectivity index (χ1) is 10.5. The Labute approximate surface area is 132 Å². The molecule has 114 valence electrons. The Hall–Kier alpha value is -1.80. The molecule has 0 aliphatic rings. The molecule has 0 aliphatic heterocycles. The van der Waals surface area contributed by atoms with Crippen molar-refractivity contribution in [2.24, 2.45) is 0 Å². The molecule has 0 fully saturated rings. The highest BCUT2D eigenvalue weighted by Crippen LogP contribution is 2.39. The molecule has 2 aromatic heterocycles. The Morgan fingerprint density at radius 2 is 1.86 bits per heavy atom. The van der Waals surface area contributed by atoms with Crippen LogP contribution < -0.4 is 0 Å². The van der Waals surface area contributed by atoms with Crippen LogP contribution in [0.1, 0.15) is 6.92 Å². The fraction of sp³-hybridized carbons (Fsp3) is 0.154. The van der Waals surface area contributed by atoms with E-state index in [1.165, 1.54) is 22.6 Å². The maximum atomic E-state index is 14.1. The summed E-state index contributed by atoms with van der Waals surface area (Å²) in [5, 5.41) is 4.25. The highest BCUT2D eigenvalue weighted by Gasteiger charge is 2.23. The largest absolute Gasteiger partial charge is 0.254 e. The van der Waals surface area contributed by atoms with Gasteiger partial charge in [-0.2, -0.15) is 19.6 Å². The van der Waals surface area contributed by atoms with Crippen molar-refractivity contribution in [2.75, 3.05) is 5.75 Å². The van der Waals surface area contributed by atoms with E-state index in [0.717, 1.165) is 0 Å². The molecular weight excluding hydrogens is 337 g/mol. The molecule has 0 spiro atoms. The Morgan fingerprint density at radius 1 is 1.18 bits per heavy atom. The first-order valence-corrected chi connectivity index (χ1v) is 7.56. The molecule has 22 heavy (non-hydrogen) atoms. The smallest absolute Gasteiger partial charge is 0.207 e. The summed E-state index contributed by atoms with van der Waals surface area (Å²) in [6, 6.07) is 1.20. The van der Waals surface area contributed by atoms with Crippen molar-refractivity contribution in [2.45, 2.75) is 11.9 Å². The lowest BCUT2D eigenvalue weighted by atomic mass is 10.1. The quantitative estimate of drug-likeness (QED) is 0.532. The predicted octanol–water partition coefficient (Wildman–Crippen LogP) is 3.97. The van der Waals surface area contributed by atoms with Gasteiger partial charge in [0, 0.05) is 12.1 Å². The maximum Gasteiger partial charge on any atom is 0.254 e. The van der Waals surface area contributed by atoms with Gasteiger partial charge in [-0.15, -0.1) is 11.8 Å². The number of rotatable bonds is 3. The monoisotopic (exact) mass is 344 g/mol. The van der Waals surface area contributed by atoms with Crippen LogP contribution in [0.2, 0.25) is 5.15 Å². The molecule has 0 bridgehead atoms. The van der Waals surface area contributed by atoms with Crippen LogP contribution in [0.4, 0.5) is 13.2 Å². The zero-order valence-corrected chi connectivity index (χ0v) is 12.7. The third-order valence-corrected chi connectivity index (χ3v) is 4.09. The minimum Gasteiger partial charge on any atom is -0.207 e. The van der Waals surface area contributed by atoms with Crippen molar-refractivity contribution in [3.8, 4) is 11.1 Å². The van der Waals surface area contributed by atoms with Crippen LogP contribution in [-0.4, -0.2) is 25.3 Å². The van der Waals surface area contributed by atoms with Crippen molar-refractivity contribution < 1.29 is 13.2 Å². The van der Waals surface area contributed by atoms with Crippen LogP contribution in [0.25, 0.3) is 16.9 Å². The molecule has 0 aliphatic carbocycles. The van der Waals surface area contributed by atoms with Crippen molar-refractivity contribution in [3.63, 3.8) is 0 Å². The summed E-state index contributed by atoms with van der Waals surface area (Å²) in [6.07, 6.45) is 1.26. The molecule has 3 aromatic rings. The fourth-order valence-electron chi connectivity index (χ4n) is 2.05. The Balaban J connectivity index is 2.39. The van der Waals surface area contributed by atoms with E-state index in [-0.39, 0.29) is 16.5 Å². The zero-order valence-electron chi connectivity index (χ0n) is 11.1. The van der Waals surface area contributed by atoms with Gasteiger partial charge >= 0.3 is 0 Å². The van der Waals surface area contributed by atoms with Gasteiger partial charge in [0.05, 0.1) is 11.1 Å². The molecule has 0 saturated carbocycles. The maximum absolute atomic E-state index is 14.1. The summed E-state index contributed by atoms with van der Waals surface area (Å²) in [6.45, 7) is 1.86. The van der Waals surface area contributed by atoms with Crippen LogP contribution in [-0.2, 0) is 0 Å². The molecule has 0 unspecified atom stereocenters. The van der Waals surface area contributed by atoms with Gasteiger partial charge in [-0.05, 0) is 5.75 Å². The summed E-state index contributed by atoms with van der Waals surface area (Å²) in [4.78, 5) is 7.89. The summed E-state index contributed by atoms with van der Waals surface area (Å²) in [5.41, 5.74) is -0.409. The number of hydrogen-bond acceptors (Lipinski definition) is 4. The lowest BCUT2D eigenvalue weighted by Gasteiger charge is -2.13. The molecule has 1 aromatic carbocycles. The van der Waals surface area contributed by atoms with E-state index in [4.69, 9.17) is 11.6 Å². The zero-order chi connectivity index (χ0) is 15.9. The molecule has 9 heteroatoms. The van der Waals surface area contributed by atoms with Gasteiger partial charge in [-0.3, -0.25) is 0 Å². The normalized spacial score (nSPS) is 11.3. The minimum absolute atomic E-state index is 0.0292. The van der Waals surface area contributed by atoms with E-state index in [1.807, 2.05) is 6.92 Å². The Morgan fingerprint density at radius 3 is 2.50 bits per heavy atom. The lowest BCUT2D eigenvalue weighted by molar-refractivity contribution is 0.547. The summed E-state index contributed by atoms with van der Waals surface area (Å²) < 4.78 is 42.7. The van der Waals surface area contributed by atoms with E-state index in [0.29, 0.717) is 22.9 Å². The number of hydrogen-bond donors (Lipinski definition) is 0. The van der Waals surface area contributed by atoms with Crippen LogP contribution in [0.15, 0.2) is 23.5 Å². The number of halogens is 4. The average Bonchev–Trinajstić information content (AvgIpc) is 2.88. The van der Waals surface area contributed by atoms with Crippen LogP contribution >= 0.6 is 23.4 Å². The SMILES string of the molecule is CCSc1c(-c2c(F)cc(F)cc2F)c(Cl)nc2ncnn12. The van der Waals surface area contributed by atoms with Crippen LogP contribution in [0, 0.1) is 17.5 Å². The number of benzene rings is 1. The number of thioether (sulfide) groups is 1. The molecule has 0 N–H and O–H groups in total. The van der Waals surface area contributed by atoms with Gasteiger partial charge in [0.1, 0.15) is 34.0 Å². The molecule has 0 saturated heterocycles. The summed E-state index contributed by atoms with van der Waals surface area (Å²) in [7, 11) is 0. The number of aromatic nitrogens is 4. The molecule has 0 amide bonds. The number of fused-ring (bicyclic) bond motifs is 1. The van der Waals surface area contributed by atoms with Crippen LogP contribution in [0.5, 0.6) is 0 Å². The van der Waals surface area contributed by atoms with E-state index >= 15 is 0 Å². The Kier molecular flexibility index (Phi) is 3.96. The molecular formula is C13H8ClF3N4S. The lowest BCUT2D eigenvalue weighted by Crippen LogP contribution is -2.03. The fourth-order valence-corrected chi connectivity index (χ4v) is 3.24. The third kappa shape index (κ3) is 2.42. The first kappa shape index (κ1) is 15.1. The average molecular weight is 345 g/mol. The third-order valence-electron chi connectivity index (χ3n) is 2.88. The molecule has 2 heterocycles. The predicted molar refractivity (Wildman–Crippen MR) is 77.5 cm³/mol. The van der Waals surface area contributed by atoms with Crippen molar-refractivity contribution in [1.82, 2.24) is 19.6 Å². The molecule has 0 atom stereocenters. The minimum atomic E-state index is -1.06. The van der Waals surface area contributed by atoms with Crippen molar-refractivity contribution in [1.29, 1.82) is 0 Å². The van der Waals surface area contributed by atoms with Crippen molar-refractivity contribution >= 4 is 29.1 Å². The van der Waals surface area contributed by atoms with E-state index in [9.17, 15) is 13.2 Å². The van der Waals surface area contributed by atoms with E-state index in [1.54, 1.807) is 0 Å². The van der Waals surface area contributed by atoms with Gasteiger partial charge in [-0.1, -0.05) is 18.5 Å². The second-order valence-electron chi connectivity index (χ2n) is 4.23. The standard InChI is InChI=1S/C13H8ClF3N4S/c1-2-22-12-10(9-7(16)3-6(15)4-8(9)17)11(14)20-13-18-5-19-21(12)13/h3-5H,2H2,1H3. The summed E-state index contributed by atoms with van der Waals surface area (Å²) >= 11 is 7.36. The first-order valence-electron chi connectivity index (χ1n) is 6.19.